The molecule has 0 radical (unpaired) electrons. The fourth-order valence-electron chi connectivity index (χ4n) is 11.2. The molecule has 2 spiro atoms. The summed E-state index contributed by atoms with van der Waals surface area (Å²) in [6, 6.07) is 20.9. The number of nitrogens with zero attached hydrogens (tertiary/aromatic N) is 1. The molecule has 7 aliphatic rings. The van der Waals surface area contributed by atoms with E-state index in [1.807, 2.05) is 48.5 Å². The minimum Gasteiger partial charge on any atom is -0.367 e. The summed E-state index contributed by atoms with van der Waals surface area (Å²) in [5, 5.41) is 10.5. The molecule has 182 valence electrons. The van der Waals surface area contributed by atoms with Crippen molar-refractivity contribution in [2.45, 2.75) is 24.5 Å². The topological polar surface area (TPSA) is 84.2 Å². The van der Waals surface area contributed by atoms with E-state index in [1.54, 1.807) is 12.1 Å². The second-order valence-corrected chi connectivity index (χ2v) is 12.4. The van der Waals surface area contributed by atoms with Crippen molar-refractivity contribution in [2.24, 2.45) is 58.2 Å². The number of fused-ring (bicyclic) bond motifs is 7. The number of ether oxygens (including phenoxy) is 1. The number of benzene rings is 2. The van der Waals surface area contributed by atoms with Gasteiger partial charge in [0.25, 0.3) is 0 Å². The van der Waals surface area contributed by atoms with Crippen LogP contribution >= 0.6 is 0 Å². The SMILES string of the molecule is N#C[C@]12C(=O)[C@]34[C@H]5[C@@H]6[C@H](CC[C@H]51)[C@H]2O[C@@]63[C@H]1C=C[C@@H]4[C@H](C(=O)c2ccccc2)[C@H]1C(=O)c1ccccc1. The van der Waals surface area contributed by atoms with Gasteiger partial charge in [-0.3, -0.25) is 14.4 Å². The number of hydrogen-bond donors (Lipinski definition) is 0. The molecule has 0 unspecified atom stereocenters. The number of nitriles is 1. The van der Waals surface area contributed by atoms with Crippen LogP contribution in [-0.4, -0.2) is 29.1 Å². The molecule has 37 heavy (non-hydrogen) atoms. The zero-order chi connectivity index (χ0) is 24.9. The highest BCUT2D eigenvalue weighted by molar-refractivity contribution is 6.09. The molecule has 12 atom stereocenters. The Labute approximate surface area is 214 Å². The first kappa shape index (κ1) is 20.7. The van der Waals surface area contributed by atoms with Gasteiger partial charge < -0.3 is 4.74 Å². The maximum Gasteiger partial charge on any atom is 0.167 e. The third-order valence-corrected chi connectivity index (χ3v) is 11.9. The van der Waals surface area contributed by atoms with Crippen molar-refractivity contribution >= 4 is 17.3 Å². The Balaban J connectivity index is 1.29. The van der Waals surface area contributed by atoms with Gasteiger partial charge in [-0.1, -0.05) is 72.8 Å². The van der Waals surface area contributed by atoms with Crippen molar-refractivity contribution < 1.29 is 19.1 Å². The molecular weight excluding hydrogens is 462 g/mol. The van der Waals surface area contributed by atoms with E-state index in [9.17, 15) is 19.6 Å². The van der Waals surface area contributed by atoms with Gasteiger partial charge in [-0.2, -0.15) is 5.26 Å². The number of hydrogen-bond acceptors (Lipinski definition) is 5. The lowest BCUT2D eigenvalue weighted by Crippen LogP contribution is -2.83. The molecule has 1 aliphatic heterocycles. The van der Waals surface area contributed by atoms with Gasteiger partial charge in [0, 0.05) is 34.8 Å². The first-order valence-electron chi connectivity index (χ1n) is 13.6. The number of carbonyl (C=O) groups is 3. The van der Waals surface area contributed by atoms with E-state index >= 15 is 0 Å². The minimum absolute atomic E-state index is 0.00382. The first-order valence-corrected chi connectivity index (χ1v) is 13.6. The monoisotopic (exact) mass is 487 g/mol. The Morgan fingerprint density at radius 1 is 0.838 bits per heavy atom. The lowest BCUT2D eigenvalue weighted by atomic mass is 9.27. The number of allylic oxidation sites excluding steroid dienone is 1. The average Bonchev–Trinajstić information content (AvgIpc) is 3.23. The highest BCUT2D eigenvalue weighted by atomic mass is 16.5. The van der Waals surface area contributed by atoms with Crippen LogP contribution < -0.4 is 0 Å². The van der Waals surface area contributed by atoms with E-state index in [1.165, 1.54) is 0 Å². The molecule has 4 saturated carbocycles. The minimum atomic E-state index is -1.09. The van der Waals surface area contributed by atoms with Crippen LogP contribution in [0.25, 0.3) is 0 Å². The van der Waals surface area contributed by atoms with Gasteiger partial charge in [-0.15, -0.1) is 0 Å². The highest BCUT2D eigenvalue weighted by Crippen LogP contribution is 2.92. The van der Waals surface area contributed by atoms with Crippen LogP contribution in [0.3, 0.4) is 0 Å². The molecule has 5 nitrogen and oxygen atoms in total. The number of ketones is 3. The zero-order valence-electron chi connectivity index (χ0n) is 20.1. The van der Waals surface area contributed by atoms with E-state index in [-0.39, 0.29) is 53.0 Å². The van der Waals surface area contributed by atoms with Crippen LogP contribution in [0.5, 0.6) is 0 Å². The van der Waals surface area contributed by atoms with E-state index in [0.717, 1.165) is 12.8 Å². The van der Waals surface area contributed by atoms with Crippen molar-refractivity contribution in [3.63, 3.8) is 0 Å². The average molecular weight is 488 g/mol. The summed E-state index contributed by atoms with van der Waals surface area (Å²) in [5.41, 5.74) is -1.56. The summed E-state index contributed by atoms with van der Waals surface area (Å²) in [6.07, 6.45) is 5.65. The van der Waals surface area contributed by atoms with Gasteiger partial charge in [0.1, 0.15) is 5.41 Å². The molecule has 5 heteroatoms. The Morgan fingerprint density at radius 3 is 2.05 bits per heavy atom. The lowest BCUT2D eigenvalue weighted by Gasteiger charge is -2.75. The van der Waals surface area contributed by atoms with Crippen molar-refractivity contribution in [2.75, 3.05) is 0 Å². The van der Waals surface area contributed by atoms with Crippen molar-refractivity contribution in [3.05, 3.63) is 83.9 Å². The quantitative estimate of drug-likeness (QED) is 0.474. The van der Waals surface area contributed by atoms with Gasteiger partial charge in [-0.05, 0) is 36.5 Å². The van der Waals surface area contributed by atoms with Crippen LogP contribution in [0.4, 0.5) is 0 Å². The number of Topliss-reactive ketones (excluding diaryl/α,β-unsaturated/α-hetero) is 3. The highest BCUT2D eigenvalue weighted by Gasteiger charge is 3.00. The number of carbonyl (C=O) groups excluding carboxylic acids is 3. The Bertz CT molecular complexity index is 1500. The van der Waals surface area contributed by atoms with E-state index in [4.69, 9.17) is 4.74 Å². The molecule has 9 rings (SSSR count). The van der Waals surface area contributed by atoms with Crippen molar-refractivity contribution in [3.8, 4) is 6.07 Å². The van der Waals surface area contributed by atoms with Crippen LogP contribution in [0, 0.1) is 69.5 Å². The lowest BCUT2D eigenvalue weighted by molar-refractivity contribution is -0.309. The Morgan fingerprint density at radius 2 is 1.43 bits per heavy atom. The van der Waals surface area contributed by atoms with E-state index < -0.39 is 34.2 Å². The molecule has 0 aromatic heterocycles. The molecule has 6 aliphatic carbocycles. The maximum atomic E-state index is 14.7. The molecule has 2 aromatic carbocycles. The molecule has 2 bridgehead atoms. The molecule has 1 saturated heterocycles. The Hall–Kier alpha value is -3.36. The van der Waals surface area contributed by atoms with Gasteiger partial charge in [0.15, 0.2) is 17.3 Å². The predicted molar refractivity (Wildman–Crippen MR) is 131 cm³/mol. The molecule has 0 amide bonds. The van der Waals surface area contributed by atoms with Crippen LogP contribution in [0.2, 0.25) is 0 Å². The first-order chi connectivity index (χ1) is 18.0. The van der Waals surface area contributed by atoms with Gasteiger partial charge >= 0.3 is 0 Å². The summed E-state index contributed by atoms with van der Waals surface area (Å²) in [7, 11) is 0. The zero-order valence-corrected chi connectivity index (χ0v) is 20.1. The molecule has 0 N–H and O–H groups in total. The Kier molecular flexibility index (Phi) is 3.46. The van der Waals surface area contributed by atoms with Gasteiger partial charge in [0.05, 0.1) is 23.2 Å². The standard InChI is InChI=1S/C32H25NO4/c33-15-30-21-12-11-18-24-25(21)31(29(30)36)19-13-14-20(32(24,31)37-28(18)30)23(27(35)17-9-5-2-6-10-17)22(19)26(34)16-7-3-1-4-8-16/h1-10,13-14,18-25,28H,11-12H2/t18-,19+,20-,21+,22-,23-,24-,25+,28+,30-,31-,32-/m0/s1. The summed E-state index contributed by atoms with van der Waals surface area (Å²) >= 11 is 0. The smallest absolute Gasteiger partial charge is 0.167 e. The fraction of sp³-hybridized carbons (Fsp3) is 0.438. The largest absolute Gasteiger partial charge is 0.367 e. The number of rotatable bonds is 4. The third-order valence-electron chi connectivity index (χ3n) is 11.9. The van der Waals surface area contributed by atoms with Gasteiger partial charge in [-0.25, -0.2) is 0 Å². The molecule has 2 aromatic rings. The summed E-state index contributed by atoms with van der Waals surface area (Å²) < 4.78 is 7.02. The summed E-state index contributed by atoms with van der Waals surface area (Å²) in [6.45, 7) is 0. The van der Waals surface area contributed by atoms with E-state index in [0.29, 0.717) is 11.1 Å². The second-order valence-electron chi connectivity index (χ2n) is 12.4. The predicted octanol–water partition coefficient (Wildman–Crippen LogP) is 4.30. The summed E-state index contributed by atoms with van der Waals surface area (Å²) in [5.74, 6) is -1.67. The van der Waals surface area contributed by atoms with E-state index in [2.05, 4.69) is 18.2 Å². The maximum absolute atomic E-state index is 14.7. The van der Waals surface area contributed by atoms with Gasteiger partial charge in [0.2, 0.25) is 0 Å². The molecule has 1 heterocycles. The normalized spacial score (nSPS) is 50.0. The van der Waals surface area contributed by atoms with Crippen LogP contribution in [0.1, 0.15) is 33.6 Å². The molecular formula is C32H25NO4. The fourth-order valence-corrected chi connectivity index (χ4v) is 11.2. The summed E-state index contributed by atoms with van der Waals surface area (Å²) in [4.78, 5) is 43.2. The van der Waals surface area contributed by atoms with Crippen LogP contribution in [0.15, 0.2) is 72.8 Å². The molecule has 5 fully saturated rings. The second kappa shape index (κ2) is 6.19. The van der Waals surface area contributed by atoms with Crippen LogP contribution in [-0.2, 0) is 9.53 Å². The third kappa shape index (κ3) is 1.77. The van der Waals surface area contributed by atoms with Crippen molar-refractivity contribution in [1.29, 1.82) is 5.26 Å². The van der Waals surface area contributed by atoms with Crippen molar-refractivity contribution in [1.82, 2.24) is 0 Å².